The molecule has 27 heavy (non-hydrogen) atoms. The first-order valence-corrected chi connectivity index (χ1v) is 11.6. The first-order valence-electron chi connectivity index (χ1n) is 9.29. The second-order valence-corrected chi connectivity index (χ2v) is 12.4. The van der Waals surface area contributed by atoms with Gasteiger partial charge in [0.05, 0.1) is 0 Å². The summed E-state index contributed by atoms with van der Waals surface area (Å²) in [6, 6.07) is 25.3. The Kier molecular flexibility index (Phi) is 6.15. The first-order chi connectivity index (χ1) is 12.9. The molecule has 3 rings (SSSR count). The van der Waals surface area contributed by atoms with Crippen LogP contribution in [0.15, 0.2) is 79.0 Å². The van der Waals surface area contributed by atoms with Crippen LogP contribution in [-0.2, 0) is 10.8 Å². The molecule has 2 aromatic carbocycles. The number of benzene rings is 2. The highest BCUT2D eigenvalue weighted by Crippen LogP contribution is 2.36. The van der Waals surface area contributed by atoms with Gasteiger partial charge in [-0.1, -0.05) is 93.0 Å². The van der Waals surface area contributed by atoms with E-state index < -0.39 is 8.32 Å². The number of rotatable bonds is 6. The van der Waals surface area contributed by atoms with Crippen LogP contribution in [0.25, 0.3) is 0 Å². The third kappa shape index (κ3) is 4.32. The fraction of sp³-hybridized carbons (Fsp3) is 0.261. The van der Waals surface area contributed by atoms with Gasteiger partial charge in [-0.2, -0.15) is 0 Å². The number of halogens is 1. The van der Waals surface area contributed by atoms with E-state index in [4.69, 9.17) is 16.0 Å². The van der Waals surface area contributed by atoms with Crippen molar-refractivity contribution in [3.05, 3.63) is 89.7 Å². The van der Waals surface area contributed by atoms with Gasteiger partial charge in [-0.15, -0.1) is 0 Å². The van der Waals surface area contributed by atoms with Crippen molar-refractivity contribution in [3.8, 4) is 0 Å². The molecule has 0 aliphatic heterocycles. The van der Waals surface area contributed by atoms with Crippen molar-refractivity contribution in [1.29, 1.82) is 0 Å². The molecule has 0 spiro atoms. The fourth-order valence-electron chi connectivity index (χ4n) is 3.68. The van der Waals surface area contributed by atoms with Crippen molar-refractivity contribution in [2.75, 3.05) is 6.61 Å². The lowest BCUT2D eigenvalue weighted by Crippen LogP contribution is -2.66. The van der Waals surface area contributed by atoms with E-state index in [0.717, 1.165) is 12.0 Å². The van der Waals surface area contributed by atoms with Gasteiger partial charge in [-0.25, -0.2) is 4.98 Å². The van der Waals surface area contributed by atoms with Gasteiger partial charge in [0.25, 0.3) is 8.32 Å². The van der Waals surface area contributed by atoms with Crippen molar-refractivity contribution in [3.63, 3.8) is 0 Å². The lowest BCUT2D eigenvalue weighted by atomic mass is 10.2. The van der Waals surface area contributed by atoms with Gasteiger partial charge in [0.2, 0.25) is 0 Å². The zero-order chi connectivity index (χ0) is 19.3. The summed E-state index contributed by atoms with van der Waals surface area (Å²) in [5.74, 6) is 0. The van der Waals surface area contributed by atoms with Gasteiger partial charge in [0, 0.05) is 12.8 Å². The van der Waals surface area contributed by atoms with Crippen LogP contribution in [0.4, 0.5) is 0 Å². The van der Waals surface area contributed by atoms with Crippen molar-refractivity contribution >= 4 is 30.3 Å². The van der Waals surface area contributed by atoms with Gasteiger partial charge in [-0.3, -0.25) is 0 Å². The Morgan fingerprint density at radius 3 is 1.93 bits per heavy atom. The number of pyridine rings is 1. The molecular formula is C23H26ClNOSi. The summed E-state index contributed by atoms with van der Waals surface area (Å²) in [4.78, 5) is 4.06. The molecule has 0 unspecified atom stereocenters. The van der Waals surface area contributed by atoms with Crippen molar-refractivity contribution in [1.82, 2.24) is 4.98 Å². The molecule has 4 heteroatoms. The average Bonchev–Trinajstić information content (AvgIpc) is 2.66. The highest BCUT2D eigenvalue weighted by molar-refractivity contribution is 6.99. The largest absolute Gasteiger partial charge is 0.407 e. The summed E-state index contributed by atoms with van der Waals surface area (Å²) in [5, 5.41) is 3.12. The maximum atomic E-state index is 6.89. The lowest BCUT2D eigenvalue weighted by molar-refractivity contribution is 0.302. The zero-order valence-corrected chi connectivity index (χ0v) is 17.9. The number of aromatic nitrogens is 1. The summed E-state index contributed by atoms with van der Waals surface area (Å²) in [5.41, 5.74) is 1.15. The van der Waals surface area contributed by atoms with E-state index in [9.17, 15) is 0 Å². The standard InChI is InChI=1S/C23H26ClNOSi/c1-23(2,3)27(20-10-6-4-7-11-20,21-12-8-5-9-13-21)26-17-15-19-14-16-25-22(24)18-19/h4-14,16,18H,15,17H2,1-3H3. The summed E-state index contributed by atoms with van der Waals surface area (Å²) in [6.45, 7) is 7.53. The van der Waals surface area contributed by atoms with Gasteiger partial charge in [-0.05, 0) is 39.5 Å². The molecule has 1 aromatic heterocycles. The Morgan fingerprint density at radius 2 is 1.44 bits per heavy atom. The van der Waals surface area contributed by atoms with Crippen LogP contribution in [0.5, 0.6) is 0 Å². The normalized spacial score (nSPS) is 12.1. The third-order valence-electron chi connectivity index (χ3n) is 4.92. The van der Waals surface area contributed by atoms with Crippen LogP contribution < -0.4 is 10.4 Å². The quantitative estimate of drug-likeness (QED) is 0.439. The van der Waals surface area contributed by atoms with E-state index in [1.807, 2.05) is 12.1 Å². The minimum absolute atomic E-state index is 0.00834. The van der Waals surface area contributed by atoms with Gasteiger partial charge < -0.3 is 4.43 Å². The molecule has 0 atom stereocenters. The first kappa shape index (κ1) is 19.8. The molecule has 0 saturated heterocycles. The van der Waals surface area contributed by atoms with Crippen molar-refractivity contribution in [2.45, 2.75) is 32.2 Å². The Morgan fingerprint density at radius 1 is 0.889 bits per heavy atom. The third-order valence-corrected chi connectivity index (χ3v) is 10.2. The molecule has 140 valence electrons. The monoisotopic (exact) mass is 395 g/mol. The average molecular weight is 396 g/mol. The lowest BCUT2D eigenvalue weighted by Gasteiger charge is -2.43. The molecule has 0 radical (unpaired) electrons. The van der Waals surface area contributed by atoms with Crippen LogP contribution >= 0.6 is 11.6 Å². The molecule has 0 aliphatic carbocycles. The van der Waals surface area contributed by atoms with Gasteiger partial charge in [0.1, 0.15) is 5.15 Å². The van der Waals surface area contributed by atoms with E-state index in [1.54, 1.807) is 6.20 Å². The maximum Gasteiger partial charge on any atom is 0.261 e. The summed E-state index contributed by atoms with van der Waals surface area (Å²) < 4.78 is 6.89. The fourth-order valence-corrected chi connectivity index (χ4v) is 8.44. The smallest absolute Gasteiger partial charge is 0.261 e. The second kappa shape index (κ2) is 8.38. The predicted molar refractivity (Wildman–Crippen MR) is 117 cm³/mol. The molecule has 3 aromatic rings. The van der Waals surface area contributed by atoms with E-state index in [0.29, 0.717) is 11.8 Å². The minimum atomic E-state index is -2.47. The maximum absolute atomic E-state index is 6.89. The highest BCUT2D eigenvalue weighted by atomic mass is 35.5. The van der Waals surface area contributed by atoms with E-state index in [2.05, 4.69) is 86.4 Å². The van der Waals surface area contributed by atoms with E-state index >= 15 is 0 Å². The molecule has 1 heterocycles. The molecule has 0 amide bonds. The SMILES string of the molecule is CC(C)(C)[Si](OCCc1ccnc(Cl)c1)(c1ccccc1)c1ccccc1. The van der Waals surface area contributed by atoms with Crippen molar-refractivity contribution < 1.29 is 4.43 Å². The Balaban J connectivity index is 1.99. The number of hydrogen-bond acceptors (Lipinski definition) is 2. The molecule has 0 fully saturated rings. The molecule has 0 aliphatic rings. The topological polar surface area (TPSA) is 22.1 Å². The molecule has 2 nitrogen and oxygen atoms in total. The highest BCUT2D eigenvalue weighted by Gasteiger charge is 2.49. The van der Waals surface area contributed by atoms with Gasteiger partial charge >= 0.3 is 0 Å². The molecular weight excluding hydrogens is 370 g/mol. The Bertz CT molecular complexity index is 823. The second-order valence-electron chi connectivity index (χ2n) is 7.75. The minimum Gasteiger partial charge on any atom is -0.407 e. The van der Waals surface area contributed by atoms with Gasteiger partial charge in [0.15, 0.2) is 0 Å². The molecule has 0 saturated carbocycles. The van der Waals surface area contributed by atoms with Crippen LogP contribution in [0.1, 0.15) is 26.3 Å². The number of hydrogen-bond donors (Lipinski definition) is 0. The summed E-state index contributed by atoms with van der Waals surface area (Å²) in [7, 11) is -2.47. The van der Waals surface area contributed by atoms with Crippen LogP contribution in [0.3, 0.4) is 0 Å². The summed E-state index contributed by atoms with van der Waals surface area (Å²) in [6.07, 6.45) is 2.56. The Hall–Kier alpha value is -1.94. The predicted octanol–water partition coefficient (Wildman–Crippen LogP) is 4.85. The number of nitrogens with zero attached hydrogens (tertiary/aromatic N) is 1. The van der Waals surface area contributed by atoms with E-state index in [1.165, 1.54) is 10.4 Å². The molecule has 0 bridgehead atoms. The van der Waals surface area contributed by atoms with Crippen LogP contribution in [0.2, 0.25) is 10.2 Å². The van der Waals surface area contributed by atoms with Crippen molar-refractivity contribution in [2.24, 2.45) is 0 Å². The van der Waals surface area contributed by atoms with Crippen LogP contribution in [0, 0.1) is 0 Å². The van der Waals surface area contributed by atoms with Crippen LogP contribution in [-0.4, -0.2) is 19.9 Å². The Labute approximate surface area is 168 Å². The van der Waals surface area contributed by atoms with E-state index in [-0.39, 0.29) is 5.04 Å². The summed E-state index contributed by atoms with van der Waals surface area (Å²) >= 11 is 6.03. The zero-order valence-electron chi connectivity index (χ0n) is 16.2. The molecule has 0 N–H and O–H groups in total.